The Labute approximate surface area is 183 Å². The van der Waals surface area contributed by atoms with Gasteiger partial charge in [-0.25, -0.2) is 0 Å². The second kappa shape index (κ2) is 9.00. The van der Waals surface area contributed by atoms with Crippen molar-refractivity contribution in [2.45, 2.75) is 32.3 Å². The minimum absolute atomic E-state index is 0.0317. The van der Waals surface area contributed by atoms with Gasteiger partial charge in [0, 0.05) is 38.3 Å². The Hall–Kier alpha value is -3.02. The number of anilines is 1. The molecule has 0 spiro atoms. The molecule has 2 aromatic carbocycles. The van der Waals surface area contributed by atoms with Crippen LogP contribution in [0.4, 0.5) is 5.69 Å². The molecule has 2 aliphatic rings. The number of para-hydroxylation sites is 2. The first-order valence-electron chi connectivity index (χ1n) is 11.0. The number of rotatable bonds is 5. The van der Waals surface area contributed by atoms with Gasteiger partial charge in [0.05, 0.1) is 17.4 Å². The van der Waals surface area contributed by atoms with Crippen LogP contribution in [0.5, 0.6) is 5.75 Å². The van der Waals surface area contributed by atoms with E-state index in [2.05, 4.69) is 17.0 Å². The molecule has 4 rings (SSSR count). The first-order valence-corrected chi connectivity index (χ1v) is 11.0. The number of amides is 1. The van der Waals surface area contributed by atoms with Crippen LogP contribution in [0.1, 0.15) is 26.2 Å². The molecule has 31 heavy (non-hydrogen) atoms. The average Bonchev–Trinajstić information content (AvgIpc) is 2.80. The molecule has 6 nitrogen and oxygen atoms in total. The summed E-state index contributed by atoms with van der Waals surface area (Å²) in [6, 6.07) is 19.6. The molecule has 1 saturated heterocycles. The summed E-state index contributed by atoms with van der Waals surface area (Å²) in [7, 11) is 0. The summed E-state index contributed by atoms with van der Waals surface area (Å²) in [6.07, 6.45) is 1.33. The smallest absolute Gasteiger partial charge is 0.310 e. The van der Waals surface area contributed by atoms with Crippen LogP contribution in [0.2, 0.25) is 0 Å². The van der Waals surface area contributed by atoms with Gasteiger partial charge in [-0.3, -0.25) is 9.59 Å². The van der Waals surface area contributed by atoms with E-state index < -0.39 is 17.3 Å². The topological polar surface area (TPSA) is 70.1 Å². The van der Waals surface area contributed by atoms with Gasteiger partial charge in [0.1, 0.15) is 5.75 Å². The molecule has 0 aromatic heterocycles. The highest BCUT2D eigenvalue weighted by atomic mass is 16.5. The van der Waals surface area contributed by atoms with Gasteiger partial charge >= 0.3 is 5.97 Å². The van der Waals surface area contributed by atoms with E-state index in [1.165, 1.54) is 0 Å². The van der Waals surface area contributed by atoms with Crippen molar-refractivity contribution >= 4 is 17.6 Å². The maximum atomic E-state index is 13.4. The third kappa shape index (κ3) is 4.53. The molecule has 0 radical (unpaired) electrons. The lowest BCUT2D eigenvalue weighted by atomic mass is 9.65. The van der Waals surface area contributed by atoms with E-state index in [1.807, 2.05) is 53.4 Å². The lowest BCUT2D eigenvalue weighted by Gasteiger charge is -2.44. The van der Waals surface area contributed by atoms with Crippen LogP contribution in [-0.2, 0) is 9.59 Å². The maximum absolute atomic E-state index is 13.4. The summed E-state index contributed by atoms with van der Waals surface area (Å²) in [5, 5.41) is 10.1. The maximum Gasteiger partial charge on any atom is 0.310 e. The van der Waals surface area contributed by atoms with E-state index in [0.717, 1.165) is 24.5 Å². The molecule has 6 heteroatoms. The third-order valence-electron chi connectivity index (χ3n) is 6.74. The minimum Gasteiger partial charge on any atom is -0.490 e. The molecule has 1 N–H and O–H groups in total. The lowest BCUT2D eigenvalue weighted by Crippen LogP contribution is -2.55. The van der Waals surface area contributed by atoms with Crippen LogP contribution < -0.4 is 9.64 Å². The highest BCUT2D eigenvalue weighted by molar-refractivity contribution is 5.87. The summed E-state index contributed by atoms with van der Waals surface area (Å²) in [6.45, 7) is 4.45. The standard InChI is InChI=1S/C25H30N2O4/c1-25(24(29)30)18-21(31-20-10-6-3-7-11-20)12-13-22(25)23(28)27-16-14-26(15-17-27)19-8-4-2-5-9-19/h2-11,21-22H,12-18H2,1H3,(H,29,30)/t21-,22-,25+/m1/s1. The fourth-order valence-electron chi connectivity index (χ4n) is 4.86. The quantitative estimate of drug-likeness (QED) is 0.796. The number of aliphatic carboxylic acids is 1. The first kappa shape index (κ1) is 21.2. The van der Waals surface area contributed by atoms with E-state index in [9.17, 15) is 14.7 Å². The van der Waals surface area contributed by atoms with Crippen LogP contribution in [0.25, 0.3) is 0 Å². The zero-order valence-corrected chi connectivity index (χ0v) is 17.9. The number of carbonyl (C=O) groups excluding carboxylic acids is 1. The fourth-order valence-corrected chi connectivity index (χ4v) is 4.86. The van der Waals surface area contributed by atoms with Crippen molar-refractivity contribution in [3.8, 4) is 5.75 Å². The van der Waals surface area contributed by atoms with E-state index in [-0.39, 0.29) is 12.0 Å². The van der Waals surface area contributed by atoms with Crippen LogP contribution >= 0.6 is 0 Å². The predicted molar refractivity (Wildman–Crippen MR) is 119 cm³/mol. The van der Waals surface area contributed by atoms with Gasteiger partial charge in [-0.1, -0.05) is 36.4 Å². The Bertz CT molecular complexity index is 896. The van der Waals surface area contributed by atoms with Crippen LogP contribution in [-0.4, -0.2) is 54.2 Å². The van der Waals surface area contributed by atoms with Gasteiger partial charge < -0.3 is 19.6 Å². The van der Waals surface area contributed by atoms with Crippen molar-refractivity contribution < 1.29 is 19.4 Å². The summed E-state index contributed by atoms with van der Waals surface area (Å²) < 4.78 is 6.04. The number of carboxylic acids is 1. The molecule has 1 heterocycles. The number of carboxylic acid groups (broad SMARTS) is 1. The molecule has 1 saturated carbocycles. The summed E-state index contributed by atoms with van der Waals surface area (Å²) in [5.41, 5.74) is 0.0225. The van der Waals surface area contributed by atoms with E-state index in [0.29, 0.717) is 32.4 Å². The van der Waals surface area contributed by atoms with Gasteiger partial charge in [-0.05, 0) is 44.0 Å². The number of benzene rings is 2. The molecule has 2 aromatic rings. The van der Waals surface area contributed by atoms with Gasteiger partial charge in [0.2, 0.25) is 5.91 Å². The molecule has 164 valence electrons. The van der Waals surface area contributed by atoms with Gasteiger partial charge in [0.25, 0.3) is 0 Å². The van der Waals surface area contributed by atoms with Crippen molar-refractivity contribution in [2.75, 3.05) is 31.1 Å². The highest BCUT2D eigenvalue weighted by Crippen LogP contribution is 2.43. The van der Waals surface area contributed by atoms with Gasteiger partial charge in [-0.15, -0.1) is 0 Å². The number of ether oxygens (including phenoxy) is 1. The molecule has 2 fully saturated rings. The third-order valence-corrected chi connectivity index (χ3v) is 6.74. The SMILES string of the molecule is C[C@]1(C(=O)O)C[C@H](Oc2ccccc2)CC[C@@H]1C(=O)N1CCN(c2ccccc2)CC1. The van der Waals surface area contributed by atoms with Crippen LogP contribution in [0, 0.1) is 11.3 Å². The summed E-state index contributed by atoms with van der Waals surface area (Å²) >= 11 is 0. The van der Waals surface area contributed by atoms with E-state index in [4.69, 9.17) is 4.74 Å². The lowest BCUT2D eigenvalue weighted by molar-refractivity contribution is -0.164. The first-order chi connectivity index (χ1) is 15.0. The summed E-state index contributed by atoms with van der Waals surface area (Å²) in [4.78, 5) is 29.8. The Kier molecular flexibility index (Phi) is 6.16. The van der Waals surface area contributed by atoms with Gasteiger partial charge in [0.15, 0.2) is 0 Å². The monoisotopic (exact) mass is 422 g/mol. The second-order valence-electron chi connectivity index (χ2n) is 8.76. The Morgan fingerprint density at radius 2 is 1.55 bits per heavy atom. The number of hydrogen-bond acceptors (Lipinski definition) is 4. The molecule has 1 amide bonds. The van der Waals surface area contributed by atoms with E-state index in [1.54, 1.807) is 6.92 Å². The molecule has 3 atom stereocenters. The minimum atomic E-state index is -1.13. The number of carbonyl (C=O) groups is 2. The zero-order valence-electron chi connectivity index (χ0n) is 17.9. The van der Waals surface area contributed by atoms with Crippen molar-refractivity contribution in [3.05, 3.63) is 60.7 Å². The second-order valence-corrected chi connectivity index (χ2v) is 8.76. The van der Waals surface area contributed by atoms with Crippen molar-refractivity contribution in [1.29, 1.82) is 0 Å². The number of nitrogens with zero attached hydrogens (tertiary/aromatic N) is 2. The van der Waals surface area contributed by atoms with Crippen LogP contribution in [0.3, 0.4) is 0 Å². The van der Waals surface area contributed by atoms with Crippen molar-refractivity contribution in [2.24, 2.45) is 11.3 Å². The highest BCUT2D eigenvalue weighted by Gasteiger charge is 2.51. The summed E-state index contributed by atoms with van der Waals surface area (Å²) in [5.74, 6) is -0.739. The normalized spacial score (nSPS) is 26.4. The molecule has 0 bridgehead atoms. The molecular formula is C25H30N2O4. The zero-order chi connectivity index (χ0) is 21.8. The Morgan fingerprint density at radius 3 is 2.16 bits per heavy atom. The van der Waals surface area contributed by atoms with Crippen molar-refractivity contribution in [3.63, 3.8) is 0 Å². The predicted octanol–water partition coefficient (Wildman–Crippen LogP) is 3.67. The average molecular weight is 423 g/mol. The molecule has 1 aliphatic carbocycles. The number of piperazine rings is 1. The molecular weight excluding hydrogens is 392 g/mol. The van der Waals surface area contributed by atoms with Crippen molar-refractivity contribution in [1.82, 2.24) is 4.90 Å². The number of hydrogen-bond donors (Lipinski definition) is 1. The fraction of sp³-hybridized carbons (Fsp3) is 0.440. The van der Waals surface area contributed by atoms with Gasteiger partial charge in [-0.2, -0.15) is 0 Å². The Morgan fingerprint density at radius 1 is 0.935 bits per heavy atom. The molecule has 1 aliphatic heterocycles. The van der Waals surface area contributed by atoms with E-state index >= 15 is 0 Å². The Balaban J connectivity index is 1.41. The van der Waals surface area contributed by atoms with Crippen LogP contribution in [0.15, 0.2) is 60.7 Å². The molecule has 0 unspecified atom stereocenters. The largest absolute Gasteiger partial charge is 0.490 e.